The molecule has 64 heavy (non-hydrogen) atoms. The van der Waals surface area contributed by atoms with E-state index in [2.05, 4.69) is 10.6 Å². The fraction of sp³-hybridized carbons (Fsp3) is 0.792. The number of carbonyl (C=O) groups is 8. The number of nitrogens with two attached hydrogens (primary N) is 2. The highest BCUT2D eigenvalue weighted by molar-refractivity contribution is 5.92. The fourth-order valence-electron chi connectivity index (χ4n) is 15.4. The Morgan fingerprint density at radius 1 is 0.578 bits per heavy atom. The molecular formula is C48H68N4O12. The Labute approximate surface area is 375 Å². The summed E-state index contributed by atoms with van der Waals surface area (Å²) in [6.07, 6.45) is 4.03. The molecule has 0 saturated heterocycles. The predicted molar refractivity (Wildman–Crippen MR) is 229 cm³/mol. The van der Waals surface area contributed by atoms with Crippen molar-refractivity contribution in [2.75, 3.05) is 26.2 Å². The second kappa shape index (κ2) is 17.6. The Hall–Kier alpha value is -4.18. The highest BCUT2D eigenvalue weighted by Gasteiger charge is 2.68. The molecule has 6 N–H and O–H groups in total. The van der Waals surface area contributed by atoms with Gasteiger partial charge in [0.2, 0.25) is 0 Å². The molecule has 16 heteroatoms. The first-order valence-electron chi connectivity index (χ1n) is 23.9. The molecule has 8 rings (SSSR count). The largest absolute Gasteiger partial charge is 0.458 e. The lowest BCUT2D eigenvalue weighted by molar-refractivity contribution is -0.199. The monoisotopic (exact) mass is 892 g/mol. The first-order chi connectivity index (χ1) is 30.4. The summed E-state index contributed by atoms with van der Waals surface area (Å²) >= 11 is 0. The average Bonchev–Trinajstić information content (AvgIpc) is 3.73. The van der Waals surface area contributed by atoms with Crippen molar-refractivity contribution in [2.45, 2.75) is 142 Å². The van der Waals surface area contributed by atoms with Crippen molar-refractivity contribution >= 4 is 47.3 Å². The van der Waals surface area contributed by atoms with Crippen LogP contribution in [0, 0.1) is 69.0 Å². The van der Waals surface area contributed by atoms with Gasteiger partial charge in [-0.15, -0.1) is 0 Å². The van der Waals surface area contributed by atoms with Crippen LogP contribution in [0.4, 0.5) is 9.59 Å². The lowest BCUT2D eigenvalue weighted by atomic mass is 9.44. The maximum absolute atomic E-state index is 14.2. The zero-order valence-electron chi connectivity index (χ0n) is 37.9. The topological polar surface area (TPSA) is 250 Å². The molecule has 8 fully saturated rings. The van der Waals surface area contributed by atoms with E-state index in [-0.39, 0.29) is 111 Å². The van der Waals surface area contributed by atoms with Crippen molar-refractivity contribution in [3.63, 3.8) is 0 Å². The molecule has 6 unspecified atom stereocenters. The van der Waals surface area contributed by atoms with Gasteiger partial charge in [0.1, 0.15) is 47.5 Å². The van der Waals surface area contributed by atoms with Crippen molar-refractivity contribution in [1.82, 2.24) is 10.6 Å². The van der Waals surface area contributed by atoms with Gasteiger partial charge in [-0.2, -0.15) is 0 Å². The van der Waals surface area contributed by atoms with Gasteiger partial charge in [-0.1, -0.05) is 27.7 Å². The van der Waals surface area contributed by atoms with Gasteiger partial charge in [0.05, 0.1) is 0 Å². The van der Waals surface area contributed by atoms with Crippen LogP contribution in [0.3, 0.4) is 0 Å². The summed E-state index contributed by atoms with van der Waals surface area (Å²) in [6.45, 7) is 8.87. The lowest BCUT2D eigenvalue weighted by Crippen LogP contribution is -2.63. The van der Waals surface area contributed by atoms with Crippen LogP contribution < -0.4 is 22.1 Å². The predicted octanol–water partition coefficient (Wildman–Crippen LogP) is 4.27. The van der Waals surface area contributed by atoms with E-state index < -0.39 is 82.0 Å². The zero-order chi connectivity index (χ0) is 45.9. The second-order valence-corrected chi connectivity index (χ2v) is 21.4. The van der Waals surface area contributed by atoms with E-state index in [1.165, 1.54) is 0 Å². The van der Waals surface area contributed by atoms with Crippen molar-refractivity contribution in [3.05, 3.63) is 12.2 Å². The smallest absolute Gasteiger partial charge is 0.407 e. The van der Waals surface area contributed by atoms with E-state index in [9.17, 15) is 38.4 Å². The van der Waals surface area contributed by atoms with Crippen LogP contribution in [0.15, 0.2) is 12.2 Å². The molecule has 0 aliphatic heterocycles. The van der Waals surface area contributed by atoms with Gasteiger partial charge in [-0.25, -0.2) is 19.2 Å². The van der Waals surface area contributed by atoms with Gasteiger partial charge in [-0.05, 0) is 86.9 Å². The molecule has 0 spiro atoms. The molecule has 0 bridgehead atoms. The highest BCUT2D eigenvalue weighted by Crippen LogP contribution is 2.67. The van der Waals surface area contributed by atoms with Gasteiger partial charge < -0.3 is 41.0 Å². The van der Waals surface area contributed by atoms with Gasteiger partial charge in [-0.3, -0.25) is 19.2 Å². The summed E-state index contributed by atoms with van der Waals surface area (Å²) < 4.78 is 24.1. The summed E-state index contributed by atoms with van der Waals surface area (Å²) in [7, 11) is 0. The van der Waals surface area contributed by atoms with E-state index in [0.717, 1.165) is 25.0 Å². The third-order valence-corrected chi connectivity index (χ3v) is 18.6. The van der Waals surface area contributed by atoms with Crippen molar-refractivity contribution in [2.24, 2.45) is 80.5 Å². The Bertz CT molecular complexity index is 1840. The SMILES string of the molecule is C[C@]12C(OC(=O)/C=C/C(=O)OC3CC(OC(=O)NCCN)CC4C(=O)C[C@@H]5[C@@H](CC[C@]6(C)C(=O)CC[C@@H]56)[C@@]34C)CC(OC(=O)NCCN)CC1C(=O)C[C@@H]1[C@H]2CC[C@]2(C)C(=O)CC[C@@H]12. The Balaban J connectivity index is 1.03. The molecule has 0 aromatic rings. The van der Waals surface area contributed by atoms with Gasteiger partial charge in [0.15, 0.2) is 0 Å². The molecule has 8 aliphatic rings. The normalized spacial score (nSPS) is 43.4. The van der Waals surface area contributed by atoms with Crippen LogP contribution in [0.25, 0.3) is 0 Å². The summed E-state index contributed by atoms with van der Waals surface area (Å²) in [6, 6.07) is 0. The van der Waals surface area contributed by atoms with Crippen LogP contribution in [0.2, 0.25) is 0 Å². The van der Waals surface area contributed by atoms with Gasteiger partial charge in [0, 0.05) is 110 Å². The summed E-state index contributed by atoms with van der Waals surface area (Å²) in [5, 5.41) is 5.21. The number of nitrogens with one attached hydrogen (secondary N) is 2. The highest BCUT2D eigenvalue weighted by atomic mass is 16.6. The van der Waals surface area contributed by atoms with Crippen LogP contribution in [0.1, 0.15) is 118 Å². The molecule has 0 radical (unpaired) electrons. The summed E-state index contributed by atoms with van der Waals surface area (Å²) in [5.74, 6) is -2.42. The second-order valence-electron chi connectivity index (χ2n) is 21.4. The third-order valence-electron chi connectivity index (χ3n) is 18.6. The van der Waals surface area contributed by atoms with Crippen LogP contribution in [0.5, 0.6) is 0 Å². The molecule has 8 aliphatic carbocycles. The Morgan fingerprint density at radius 2 is 0.969 bits per heavy atom. The molecule has 0 aromatic carbocycles. The maximum atomic E-state index is 14.2. The minimum absolute atomic E-state index is 0.00664. The zero-order valence-corrected chi connectivity index (χ0v) is 37.9. The minimum atomic E-state index is -0.865. The van der Waals surface area contributed by atoms with Crippen LogP contribution >= 0.6 is 0 Å². The van der Waals surface area contributed by atoms with Crippen molar-refractivity contribution < 1.29 is 57.3 Å². The van der Waals surface area contributed by atoms with E-state index in [4.69, 9.17) is 30.4 Å². The number of hydrogen-bond acceptors (Lipinski definition) is 14. The number of Topliss-reactive ketones (excluding diaryl/α,β-unsaturated/α-hetero) is 4. The average molecular weight is 893 g/mol. The van der Waals surface area contributed by atoms with Crippen LogP contribution in [-0.4, -0.2) is 97.9 Å². The van der Waals surface area contributed by atoms with Gasteiger partial charge >= 0.3 is 24.1 Å². The number of alkyl carbamates (subject to hydrolysis) is 2. The van der Waals surface area contributed by atoms with Crippen molar-refractivity contribution in [3.8, 4) is 0 Å². The molecule has 0 aromatic heterocycles. The molecule has 0 heterocycles. The van der Waals surface area contributed by atoms with Crippen LogP contribution in [-0.2, 0) is 47.7 Å². The number of esters is 2. The Morgan fingerprint density at radius 3 is 1.34 bits per heavy atom. The number of ketones is 4. The fourth-order valence-corrected chi connectivity index (χ4v) is 15.4. The quantitative estimate of drug-likeness (QED) is 0.136. The Kier molecular flexibility index (Phi) is 12.7. The van der Waals surface area contributed by atoms with E-state index in [1.807, 2.05) is 27.7 Å². The third kappa shape index (κ3) is 7.79. The molecular weight excluding hydrogens is 825 g/mol. The molecule has 16 atom stereocenters. The first-order valence-corrected chi connectivity index (χ1v) is 23.9. The number of carbonyl (C=O) groups excluding carboxylic acids is 8. The first kappa shape index (κ1) is 46.4. The van der Waals surface area contributed by atoms with Gasteiger partial charge in [0.25, 0.3) is 0 Å². The number of rotatable bonds is 10. The van der Waals surface area contributed by atoms with Crippen molar-refractivity contribution in [1.29, 1.82) is 0 Å². The summed E-state index contributed by atoms with van der Waals surface area (Å²) in [4.78, 5) is 108. The maximum Gasteiger partial charge on any atom is 0.407 e. The molecule has 8 saturated carbocycles. The molecule has 2 amide bonds. The standard InChI is InChI=1S/C48H68N4O12/c1-45-13-11-31-27(29(45)5-7-37(45)55)23-35(53)33-19-25(61-43(59)51-17-15-49)21-39(47(31,33)3)63-41(57)9-10-42(58)64-40-22-26(62-44(60)52-18-16-50)20-34-36(54)24-28-30-6-8-38(56)46(30,2)14-12-32(28)48(34,40)4/h9-10,25-34,39-40H,5-8,11-24,49-50H2,1-4H3,(H,51,59)(H,52,60)/b10-9+/t25?,26?,27-,28-,29-,30-,31+,32+,33?,34?,39?,40?,45-,46-,47+,48+/m0/s1. The summed E-state index contributed by atoms with van der Waals surface area (Å²) in [5.41, 5.74) is 8.53. The lowest BCUT2D eigenvalue weighted by Gasteiger charge is -2.61. The number of hydrogen-bond donors (Lipinski definition) is 4. The molecule has 352 valence electrons. The van der Waals surface area contributed by atoms with E-state index in [0.29, 0.717) is 51.4 Å². The number of amides is 2. The van der Waals surface area contributed by atoms with E-state index in [1.54, 1.807) is 0 Å². The minimum Gasteiger partial charge on any atom is -0.458 e. The van der Waals surface area contributed by atoms with E-state index >= 15 is 0 Å². The number of fused-ring (bicyclic) bond motifs is 10. The molecule has 16 nitrogen and oxygen atoms in total. The number of ether oxygens (including phenoxy) is 4.